The first-order valence-corrected chi connectivity index (χ1v) is 7.73. The number of nitro groups is 1. The van der Waals surface area contributed by atoms with E-state index in [9.17, 15) is 23.7 Å². The SMILES string of the molecule is O=C1OC(c2ccccc2OC(F)F)=N/C1=C\c1cc([N+](=O)[O-])ccc1Cl. The molecule has 2 aromatic rings. The number of nitrogens with zero attached hydrogens (tertiary/aromatic N) is 2. The Kier molecular flexibility index (Phi) is 5.13. The van der Waals surface area contributed by atoms with Gasteiger partial charge in [-0.15, -0.1) is 0 Å². The molecule has 0 fully saturated rings. The van der Waals surface area contributed by atoms with E-state index in [2.05, 4.69) is 9.73 Å². The number of esters is 1. The fourth-order valence-electron chi connectivity index (χ4n) is 2.27. The maximum Gasteiger partial charge on any atom is 0.387 e. The van der Waals surface area contributed by atoms with Gasteiger partial charge in [-0.05, 0) is 24.3 Å². The second-order valence-corrected chi connectivity index (χ2v) is 5.58. The highest BCUT2D eigenvalue weighted by molar-refractivity contribution is 6.32. The molecular formula is C17H9ClF2N2O5. The molecule has 7 nitrogen and oxygen atoms in total. The molecule has 10 heteroatoms. The molecule has 0 spiro atoms. The molecule has 0 unspecified atom stereocenters. The van der Waals surface area contributed by atoms with Crippen LogP contribution in [0.15, 0.2) is 53.2 Å². The van der Waals surface area contributed by atoms with Crippen molar-refractivity contribution in [1.29, 1.82) is 0 Å². The highest BCUT2D eigenvalue weighted by atomic mass is 35.5. The summed E-state index contributed by atoms with van der Waals surface area (Å²) in [4.78, 5) is 26.3. The third-order valence-electron chi connectivity index (χ3n) is 3.44. The summed E-state index contributed by atoms with van der Waals surface area (Å²) < 4.78 is 34.4. The molecule has 0 aliphatic carbocycles. The summed E-state index contributed by atoms with van der Waals surface area (Å²) in [7, 11) is 0. The van der Waals surface area contributed by atoms with Gasteiger partial charge in [0.25, 0.3) is 5.69 Å². The lowest BCUT2D eigenvalue weighted by Gasteiger charge is -2.08. The summed E-state index contributed by atoms with van der Waals surface area (Å²) in [6, 6.07) is 9.36. The standard InChI is InChI=1S/C17H9ClF2N2O5/c18-12-6-5-10(22(24)25)7-9(12)8-13-16(23)27-15(21-13)11-3-1-2-4-14(11)26-17(19)20/h1-8,17H/b13-8-. The predicted octanol–water partition coefficient (Wildman–Crippen LogP) is 4.19. The number of aliphatic imine (C=N–C) groups is 1. The van der Waals surface area contributed by atoms with Gasteiger partial charge in [-0.3, -0.25) is 10.1 Å². The number of carbonyl (C=O) groups excluding carboxylic acids is 1. The van der Waals surface area contributed by atoms with E-state index >= 15 is 0 Å². The van der Waals surface area contributed by atoms with E-state index in [0.717, 1.165) is 0 Å². The summed E-state index contributed by atoms with van der Waals surface area (Å²) in [6.45, 7) is -3.07. The van der Waals surface area contributed by atoms with Crippen LogP contribution in [0, 0.1) is 10.1 Å². The van der Waals surface area contributed by atoms with Crippen molar-refractivity contribution in [3.8, 4) is 5.75 Å². The normalized spacial score (nSPS) is 15.0. The van der Waals surface area contributed by atoms with Crippen molar-refractivity contribution in [3.05, 3.63) is 74.4 Å². The number of carbonyl (C=O) groups is 1. The molecule has 0 atom stereocenters. The fourth-order valence-corrected chi connectivity index (χ4v) is 2.44. The van der Waals surface area contributed by atoms with Gasteiger partial charge in [-0.2, -0.15) is 8.78 Å². The van der Waals surface area contributed by atoms with Crippen molar-refractivity contribution in [2.45, 2.75) is 6.61 Å². The molecular weight excluding hydrogens is 386 g/mol. The highest BCUT2D eigenvalue weighted by Gasteiger charge is 2.27. The number of rotatable bonds is 5. The van der Waals surface area contributed by atoms with E-state index in [4.69, 9.17) is 16.3 Å². The van der Waals surface area contributed by atoms with Crippen molar-refractivity contribution in [1.82, 2.24) is 0 Å². The van der Waals surface area contributed by atoms with E-state index in [-0.39, 0.29) is 39.2 Å². The van der Waals surface area contributed by atoms with Gasteiger partial charge in [-0.1, -0.05) is 23.7 Å². The van der Waals surface area contributed by atoms with Gasteiger partial charge in [0.2, 0.25) is 5.90 Å². The van der Waals surface area contributed by atoms with Gasteiger partial charge < -0.3 is 9.47 Å². The zero-order valence-electron chi connectivity index (χ0n) is 13.3. The lowest BCUT2D eigenvalue weighted by Crippen LogP contribution is -2.10. The highest BCUT2D eigenvalue weighted by Crippen LogP contribution is 2.29. The van der Waals surface area contributed by atoms with Crippen LogP contribution in [-0.4, -0.2) is 23.4 Å². The minimum absolute atomic E-state index is 0.0553. The van der Waals surface area contributed by atoms with Crippen LogP contribution < -0.4 is 4.74 Å². The quantitative estimate of drug-likeness (QED) is 0.328. The number of alkyl halides is 2. The van der Waals surface area contributed by atoms with Crippen LogP contribution in [0.4, 0.5) is 14.5 Å². The minimum Gasteiger partial charge on any atom is -0.434 e. The second kappa shape index (κ2) is 7.50. The Balaban J connectivity index is 2.00. The minimum atomic E-state index is -3.07. The van der Waals surface area contributed by atoms with Crippen molar-refractivity contribution in [3.63, 3.8) is 0 Å². The van der Waals surface area contributed by atoms with Crippen LogP contribution in [0.5, 0.6) is 5.75 Å². The maximum atomic E-state index is 12.5. The van der Waals surface area contributed by atoms with Gasteiger partial charge >= 0.3 is 12.6 Å². The number of hydrogen-bond donors (Lipinski definition) is 0. The van der Waals surface area contributed by atoms with E-state index in [0.29, 0.717) is 0 Å². The summed E-state index contributed by atoms with van der Waals surface area (Å²) in [5.41, 5.74) is -0.184. The molecule has 1 heterocycles. The molecule has 0 amide bonds. The number of para-hydroxylation sites is 1. The van der Waals surface area contributed by atoms with Crippen LogP contribution in [0.1, 0.15) is 11.1 Å². The molecule has 0 bridgehead atoms. The van der Waals surface area contributed by atoms with Crippen LogP contribution in [-0.2, 0) is 9.53 Å². The van der Waals surface area contributed by atoms with Crippen molar-refractivity contribution in [2.75, 3.05) is 0 Å². The molecule has 1 aliphatic rings. The summed E-state index contributed by atoms with van der Waals surface area (Å²) in [5, 5.41) is 11.0. The lowest BCUT2D eigenvalue weighted by atomic mass is 10.1. The molecule has 0 radical (unpaired) electrons. The molecule has 0 saturated heterocycles. The van der Waals surface area contributed by atoms with Gasteiger partial charge in [0.15, 0.2) is 5.70 Å². The number of nitro benzene ring substituents is 1. The predicted molar refractivity (Wildman–Crippen MR) is 91.8 cm³/mol. The summed E-state index contributed by atoms with van der Waals surface area (Å²) in [5.74, 6) is -1.31. The summed E-state index contributed by atoms with van der Waals surface area (Å²) >= 11 is 5.99. The van der Waals surface area contributed by atoms with Crippen LogP contribution >= 0.6 is 11.6 Å². The van der Waals surface area contributed by atoms with Crippen molar-refractivity contribution >= 4 is 35.2 Å². The van der Waals surface area contributed by atoms with Gasteiger partial charge in [-0.25, -0.2) is 9.79 Å². The fraction of sp³-hybridized carbons (Fsp3) is 0.0588. The zero-order chi connectivity index (χ0) is 19.6. The van der Waals surface area contributed by atoms with Crippen molar-refractivity contribution in [2.24, 2.45) is 4.99 Å². The number of hydrogen-bond acceptors (Lipinski definition) is 6. The second-order valence-electron chi connectivity index (χ2n) is 5.17. The Hall–Kier alpha value is -3.33. The van der Waals surface area contributed by atoms with Gasteiger partial charge in [0.1, 0.15) is 5.75 Å². The largest absolute Gasteiger partial charge is 0.434 e. The first-order chi connectivity index (χ1) is 12.8. The Labute approximate surface area is 155 Å². The first kappa shape index (κ1) is 18.5. The Bertz CT molecular complexity index is 991. The van der Waals surface area contributed by atoms with E-state index < -0.39 is 17.5 Å². The Morgan fingerprint density at radius 2 is 2.00 bits per heavy atom. The number of non-ortho nitro benzene ring substituents is 1. The number of benzene rings is 2. The maximum absolute atomic E-state index is 12.5. The lowest BCUT2D eigenvalue weighted by molar-refractivity contribution is -0.384. The average molecular weight is 395 g/mol. The number of cyclic esters (lactones) is 1. The molecule has 27 heavy (non-hydrogen) atoms. The summed E-state index contributed by atoms with van der Waals surface area (Å²) in [6.07, 6.45) is 1.21. The van der Waals surface area contributed by atoms with Gasteiger partial charge in [0, 0.05) is 22.7 Å². The smallest absolute Gasteiger partial charge is 0.387 e. The topological polar surface area (TPSA) is 91.0 Å². The molecule has 0 aromatic heterocycles. The third kappa shape index (κ3) is 4.09. The first-order valence-electron chi connectivity index (χ1n) is 7.36. The molecule has 3 rings (SSSR count). The molecule has 2 aromatic carbocycles. The molecule has 0 saturated carbocycles. The van der Waals surface area contributed by atoms with E-state index in [1.165, 1.54) is 48.5 Å². The monoisotopic (exact) mass is 394 g/mol. The van der Waals surface area contributed by atoms with Crippen LogP contribution in [0.25, 0.3) is 6.08 Å². The number of ether oxygens (including phenoxy) is 2. The van der Waals surface area contributed by atoms with E-state index in [1.54, 1.807) is 0 Å². The van der Waals surface area contributed by atoms with Crippen LogP contribution in [0.3, 0.4) is 0 Å². The average Bonchev–Trinajstić information content (AvgIpc) is 2.97. The zero-order valence-corrected chi connectivity index (χ0v) is 14.0. The molecule has 0 N–H and O–H groups in total. The van der Waals surface area contributed by atoms with Gasteiger partial charge in [0.05, 0.1) is 10.5 Å². The van der Waals surface area contributed by atoms with E-state index in [1.807, 2.05) is 0 Å². The third-order valence-corrected chi connectivity index (χ3v) is 3.78. The molecule has 1 aliphatic heterocycles. The Morgan fingerprint density at radius 1 is 1.26 bits per heavy atom. The Morgan fingerprint density at radius 3 is 2.70 bits per heavy atom. The van der Waals surface area contributed by atoms with Crippen molar-refractivity contribution < 1.29 is 28.0 Å². The number of halogens is 3. The molecule has 138 valence electrons. The van der Waals surface area contributed by atoms with Crippen LogP contribution in [0.2, 0.25) is 5.02 Å².